The Morgan fingerprint density at radius 2 is 2.42 bits per heavy atom. The van der Waals surface area contributed by atoms with Crippen molar-refractivity contribution in [3.05, 3.63) is 28.3 Å². The van der Waals surface area contributed by atoms with Crippen molar-refractivity contribution < 1.29 is 9.53 Å². The second-order valence-electron chi connectivity index (χ2n) is 4.40. The van der Waals surface area contributed by atoms with Crippen LogP contribution in [-0.2, 0) is 11.3 Å². The molecule has 4 nitrogen and oxygen atoms in total. The van der Waals surface area contributed by atoms with E-state index in [9.17, 15) is 4.79 Å². The van der Waals surface area contributed by atoms with Gasteiger partial charge >= 0.3 is 0 Å². The first-order chi connectivity index (χ1) is 9.11. The van der Waals surface area contributed by atoms with E-state index in [1.165, 1.54) is 0 Å². The van der Waals surface area contributed by atoms with E-state index in [0.717, 1.165) is 28.5 Å². The molecule has 1 aromatic rings. The van der Waals surface area contributed by atoms with Crippen molar-refractivity contribution in [2.24, 2.45) is 0 Å². The van der Waals surface area contributed by atoms with Crippen molar-refractivity contribution in [3.63, 3.8) is 0 Å². The smallest absolute Gasteiger partial charge is 0.238 e. The summed E-state index contributed by atoms with van der Waals surface area (Å²) in [6, 6.07) is 3.62. The Balaban J connectivity index is 2.02. The maximum atomic E-state index is 11.9. The number of benzene rings is 1. The molecule has 0 aliphatic carbocycles. The third-order valence-corrected chi connectivity index (χ3v) is 4.39. The summed E-state index contributed by atoms with van der Waals surface area (Å²) >= 11 is 7.83. The molecule has 2 rings (SSSR count). The van der Waals surface area contributed by atoms with Crippen molar-refractivity contribution in [2.45, 2.75) is 19.5 Å². The molecule has 1 amide bonds. The van der Waals surface area contributed by atoms with Crippen molar-refractivity contribution in [2.75, 3.05) is 18.7 Å². The molecule has 1 fully saturated rings. The predicted molar refractivity (Wildman–Crippen MR) is 78.8 cm³/mol. The van der Waals surface area contributed by atoms with Crippen LogP contribution in [0.4, 0.5) is 0 Å². The van der Waals surface area contributed by atoms with Crippen LogP contribution >= 0.6 is 23.4 Å². The van der Waals surface area contributed by atoms with Crippen LogP contribution in [0, 0.1) is 6.92 Å². The predicted octanol–water partition coefficient (Wildman–Crippen LogP) is 1.94. The van der Waals surface area contributed by atoms with Crippen molar-refractivity contribution in [3.8, 4) is 5.75 Å². The van der Waals surface area contributed by atoms with Gasteiger partial charge in [0.1, 0.15) is 5.75 Å². The Kier molecular flexibility index (Phi) is 4.96. The zero-order valence-corrected chi connectivity index (χ0v) is 12.5. The highest BCUT2D eigenvalue weighted by atomic mass is 35.5. The van der Waals surface area contributed by atoms with Gasteiger partial charge in [0.05, 0.1) is 13.2 Å². The first kappa shape index (κ1) is 14.5. The van der Waals surface area contributed by atoms with Gasteiger partial charge in [0.2, 0.25) is 5.91 Å². The normalized spacial score (nSPS) is 18.4. The molecular formula is C13H17ClN2O2S. The number of hydrogen-bond donors (Lipinski definition) is 2. The molecule has 0 aromatic heterocycles. The second kappa shape index (κ2) is 6.50. The van der Waals surface area contributed by atoms with Crippen LogP contribution < -0.4 is 15.4 Å². The third-order valence-electron chi connectivity index (χ3n) is 3.05. The molecule has 6 heteroatoms. The van der Waals surface area contributed by atoms with Crippen molar-refractivity contribution >= 4 is 29.3 Å². The van der Waals surface area contributed by atoms with Crippen LogP contribution in [0.2, 0.25) is 5.02 Å². The molecule has 0 spiro atoms. The zero-order valence-electron chi connectivity index (χ0n) is 11.0. The van der Waals surface area contributed by atoms with Gasteiger partial charge in [-0.15, -0.1) is 11.8 Å². The van der Waals surface area contributed by atoms with Gasteiger partial charge in [-0.05, 0) is 24.6 Å². The van der Waals surface area contributed by atoms with E-state index in [2.05, 4.69) is 10.6 Å². The second-order valence-corrected chi connectivity index (χ2v) is 5.84. The molecule has 2 N–H and O–H groups in total. The Hall–Kier alpha value is -0.910. The van der Waals surface area contributed by atoms with Gasteiger partial charge in [0.25, 0.3) is 0 Å². The van der Waals surface area contributed by atoms with Crippen LogP contribution in [0.15, 0.2) is 12.1 Å². The molecule has 104 valence electrons. The SMILES string of the molecule is COc1cc(C)c(Cl)cc1CNC(=O)C1CSCN1. The lowest BCUT2D eigenvalue weighted by Crippen LogP contribution is -2.41. The number of carbonyl (C=O) groups is 1. The van der Waals surface area contributed by atoms with Gasteiger partial charge in [-0.3, -0.25) is 10.1 Å². The molecule has 1 heterocycles. The molecule has 1 unspecified atom stereocenters. The van der Waals surface area contributed by atoms with Crippen molar-refractivity contribution in [1.82, 2.24) is 10.6 Å². The summed E-state index contributed by atoms with van der Waals surface area (Å²) < 4.78 is 5.31. The van der Waals surface area contributed by atoms with E-state index in [-0.39, 0.29) is 11.9 Å². The summed E-state index contributed by atoms with van der Waals surface area (Å²) in [6.07, 6.45) is 0. The van der Waals surface area contributed by atoms with Gasteiger partial charge in [0.15, 0.2) is 0 Å². The first-order valence-corrected chi connectivity index (χ1v) is 7.57. The highest BCUT2D eigenvalue weighted by molar-refractivity contribution is 7.99. The summed E-state index contributed by atoms with van der Waals surface area (Å²) in [6.45, 7) is 2.34. The average molecular weight is 301 g/mol. The van der Waals surface area contributed by atoms with Gasteiger partial charge in [-0.2, -0.15) is 0 Å². The van der Waals surface area contributed by atoms with Gasteiger partial charge in [-0.25, -0.2) is 0 Å². The minimum absolute atomic E-state index is 0.0174. The molecule has 0 saturated carbocycles. The summed E-state index contributed by atoms with van der Waals surface area (Å²) in [4.78, 5) is 11.9. The monoisotopic (exact) mass is 300 g/mol. The number of carbonyl (C=O) groups excluding carboxylic acids is 1. The van der Waals surface area contributed by atoms with Crippen molar-refractivity contribution in [1.29, 1.82) is 0 Å². The zero-order chi connectivity index (χ0) is 13.8. The minimum atomic E-state index is -0.100. The number of rotatable bonds is 4. The van der Waals surface area contributed by atoms with E-state index in [0.29, 0.717) is 11.6 Å². The maximum absolute atomic E-state index is 11.9. The Morgan fingerprint density at radius 1 is 1.63 bits per heavy atom. The molecule has 1 aromatic carbocycles. The fourth-order valence-electron chi connectivity index (χ4n) is 1.89. The fourth-order valence-corrected chi connectivity index (χ4v) is 3.02. The first-order valence-electron chi connectivity index (χ1n) is 6.03. The molecule has 19 heavy (non-hydrogen) atoms. The van der Waals surface area contributed by atoms with Crippen LogP contribution in [0.5, 0.6) is 5.75 Å². The van der Waals surface area contributed by atoms with Gasteiger partial charge in [0, 0.05) is 28.8 Å². The quantitative estimate of drug-likeness (QED) is 0.892. The molecule has 1 aliphatic rings. The third kappa shape index (κ3) is 3.55. The Morgan fingerprint density at radius 3 is 3.05 bits per heavy atom. The lowest BCUT2D eigenvalue weighted by molar-refractivity contribution is -0.122. The van der Waals surface area contributed by atoms with E-state index < -0.39 is 0 Å². The highest BCUT2D eigenvalue weighted by Crippen LogP contribution is 2.26. The summed E-state index contributed by atoms with van der Waals surface area (Å²) in [5.74, 6) is 2.41. The van der Waals surface area contributed by atoms with Crippen LogP contribution in [0.1, 0.15) is 11.1 Å². The van der Waals surface area contributed by atoms with Gasteiger partial charge in [-0.1, -0.05) is 11.6 Å². The number of halogens is 1. The molecule has 0 bridgehead atoms. The summed E-state index contributed by atoms with van der Waals surface area (Å²) in [5, 5.41) is 6.72. The minimum Gasteiger partial charge on any atom is -0.496 e. The standard InChI is InChI=1S/C13H17ClN2O2S/c1-8-3-12(18-2)9(4-10(8)14)5-15-13(17)11-6-19-7-16-11/h3-4,11,16H,5-7H2,1-2H3,(H,15,17). The summed E-state index contributed by atoms with van der Waals surface area (Å²) in [7, 11) is 1.61. The van der Waals surface area contributed by atoms with Crippen LogP contribution in [-0.4, -0.2) is 30.7 Å². The lowest BCUT2D eigenvalue weighted by Gasteiger charge is -2.14. The number of methoxy groups -OCH3 is 1. The molecule has 1 aliphatic heterocycles. The summed E-state index contributed by atoms with van der Waals surface area (Å²) in [5.41, 5.74) is 1.85. The number of thioether (sulfide) groups is 1. The van der Waals surface area contributed by atoms with E-state index >= 15 is 0 Å². The lowest BCUT2D eigenvalue weighted by atomic mass is 10.1. The highest BCUT2D eigenvalue weighted by Gasteiger charge is 2.22. The van der Waals surface area contributed by atoms with E-state index in [1.807, 2.05) is 19.1 Å². The van der Waals surface area contributed by atoms with Crippen LogP contribution in [0.3, 0.4) is 0 Å². The largest absolute Gasteiger partial charge is 0.496 e. The van der Waals surface area contributed by atoms with Crippen LogP contribution in [0.25, 0.3) is 0 Å². The number of ether oxygens (including phenoxy) is 1. The molecule has 1 atom stereocenters. The number of aryl methyl sites for hydroxylation is 1. The number of nitrogens with one attached hydrogen (secondary N) is 2. The molecule has 1 saturated heterocycles. The Bertz CT molecular complexity index is 476. The number of amides is 1. The van der Waals surface area contributed by atoms with E-state index in [1.54, 1.807) is 18.9 Å². The number of hydrogen-bond acceptors (Lipinski definition) is 4. The van der Waals surface area contributed by atoms with Gasteiger partial charge < -0.3 is 10.1 Å². The van der Waals surface area contributed by atoms with E-state index in [4.69, 9.17) is 16.3 Å². The Labute approximate surface area is 122 Å². The topological polar surface area (TPSA) is 50.4 Å². The average Bonchev–Trinajstić information content (AvgIpc) is 2.93. The maximum Gasteiger partial charge on any atom is 0.238 e. The molecular weight excluding hydrogens is 284 g/mol. The molecule has 0 radical (unpaired) electrons. The fraction of sp³-hybridized carbons (Fsp3) is 0.462.